The number of hydrogen-bond acceptors (Lipinski definition) is 3. The van der Waals surface area contributed by atoms with Gasteiger partial charge in [-0.25, -0.2) is 4.98 Å². The van der Waals surface area contributed by atoms with Crippen molar-refractivity contribution in [3.8, 4) is 0 Å². The van der Waals surface area contributed by atoms with E-state index in [1.807, 2.05) is 18.2 Å². The number of benzene rings is 1. The minimum Gasteiger partial charge on any atom is -0.399 e. The van der Waals surface area contributed by atoms with Crippen molar-refractivity contribution >= 4 is 27.5 Å². The monoisotopic (exact) mass is 277 g/mol. The second-order valence-electron chi connectivity index (χ2n) is 5.36. The van der Waals surface area contributed by atoms with Crippen LogP contribution in [0.4, 0.5) is 5.69 Å². The standard InChI is InChI=1S/C14H19N3OS/c15-11-5-6-12-13(7-11)17-14(16-12)9-19(18)8-10-3-1-2-4-10/h5-7,10H,1-4,8-9,15H2,(H,16,17). The van der Waals surface area contributed by atoms with Gasteiger partial charge < -0.3 is 10.7 Å². The van der Waals surface area contributed by atoms with Gasteiger partial charge in [0.25, 0.3) is 0 Å². The number of nitrogens with one attached hydrogen (secondary N) is 1. The minimum atomic E-state index is -0.818. The summed E-state index contributed by atoms with van der Waals surface area (Å²) in [5.41, 5.74) is 8.27. The van der Waals surface area contributed by atoms with Gasteiger partial charge in [-0.15, -0.1) is 0 Å². The van der Waals surface area contributed by atoms with E-state index in [9.17, 15) is 4.21 Å². The number of nitrogen functional groups attached to an aromatic ring is 1. The zero-order valence-corrected chi connectivity index (χ0v) is 11.7. The summed E-state index contributed by atoms with van der Waals surface area (Å²) >= 11 is 0. The van der Waals surface area contributed by atoms with Crippen LogP contribution in [0.3, 0.4) is 0 Å². The van der Waals surface area contributed by atoms with Crippen LogP contribution in [0.25, 0.3) is 11.0 Å². The molecule has 3 rings (SSSR count). The molecule has 0 amide bonds. The predicted octanol–water partition coefficient (Wildman–Crippen LogP) is 2.58. The van der Waals surface area contributed by atoms with Crippen molar-refractivity contribution < 1.29 is 4.21 Å². The molecule has 1 saturated carbocycles. The molecule has 1 atom stereocenters. The Hall–Kier alpha value is -1.36. The summed E-state index contributed by atoms with van der Waals surface area (Å²) in [7, 11) is -0.818. The number of nitrogens with two attached hydrogens (primary N) is 1. The summed E-state index contributed by atoms with van der Waals surface area (Å²) < 4.78 is 12.1. The second kappa shape index (κ2) is 5.33. The fourth-order valence-electron chi connectivity index (χ4n) is 2.80. The van der Waals surface area contributed by atoms with Crippen molar-refractivity contribution in [1.82, 2.24) is 9.97 Å². The van der Waals surface area contributed by atoms with Crippen LogP contribution in [-0.2, 0) is 16.6 Å². The van der Waals surface area contributed by atoms with Gasteiger partial charge in [-0.3, -0.25) is 4.21 Å². The second-order valence-corrected chi connectivity index (χ2v) is 6.86. The zero-order valence-electron chi connectivity index (χ0n) is 10.9. The van der Waals surface area contributed by atoms with Gasteiger partial charge in [0, 0.05) is 22.2 Å². The molecule has 102 valence electrons. The van der Waals surface area contributed by atoms with Crippen LogP contribution >= 0.6 is 0 Å². The van der Waals surface area contributed by atoms with Crippen molar-refractivity contribution in [2.75, 3.05) is 11.5 Å². The van der Waals surface area contributed by atoms with E-state index in [2.05, 4.69) is 9.97 Å². The number of H-pyrrole nitrogens is 1. The van der Waals surface area contributed by atoms with Crippen LogP contribution in [0.15, 0.2) is 18.2 Å². The summed E-state index contributed by atoms with van der Waals surface area (Å²) in [6, 6.07) is 5.60. The SMILES string of the molecule is Nc1ccc2nc(CS(=O)CC3CCCC3)[nH]c2c1. The molecule has 1 aromatic carbocycles. The van der Waals surface area contributed by atoms with Gasteiger partial charge in [-0.05, 0) is 37.0 Å². The molecule has 1 heterocycles. The van der Waals surface area contributed by atoms with Crippen molar-refractivity contribution in [1.29, 1.82) is 0 Å². The highest BCUT2D eigenvalue weighted by molar-refractivity contribution is 7.84. The molecule has 1 aliphatic rings. The van der Waals surface area contributed by atoms with Crippen LogP contribution in [0, 0.1) is 5.92 Å². The van der Waals surface area contributed by atoms with E-state index in [4.69, 9.17) is 5.73 Å². The molecule has 0 aliphatic heterocycles. The average Bonchev–Trinajstić information content (AvgIpc) is 2.97. The summed E-state index contributed by atoms with van der Waals surface area (Å²) in [5, 5.41) is 0. The molecule has 1 aliphatic carbocycles. The smallest absolute Gasteiger partial charge is 0.119 e. The zero-order chi connectivity index (χ0) is 13.2. The Morgan fingerprint density at radius 3 is 2.95 bits per heavy atom. The summed E-state index contributed by atoms with van der Waals surface area (Å²) in [6.45, 7) is 0. The van der Waals surface area contributed by atoms with E-state index in [0.29, 0.717) is 11.7 Å². The summed E-state index contributed by atoms with van der Waals surface area (Å²) in [5.74, 6) is 2.79. The van der Waals surface area contributed by atoms with Crippen molar-refractivity contribution in [3.63, 3.8) is 0 Å². The number of nitrogens with zero attached hydrogens (tertiary/aromatic N) is 1. The normalized spacial score (nSPS) is 18.1. The Labute approximate surface area is 115 Å². The van der Waals surface area contributed by atoms with Gasteiger partial charge in [0.2, 0.25) is 0 Å². The number of hydrogen-bond donors (Lipinski definition) is 2. The van der Waals surface area contributed by atoms with Crippen molar-refractivity contribution in [3.05, 3.63) is 24.0 Å². The number of rotatable bonds is 4. The van der Waals surface area contributed by atoms with Crippen molar-refractivity contribution in [2.24, 2.45) is 5.92 Å². The van der Waals surface area contributed by atoms with E-state index in [-0.39, 0.29) is 0 Å². The minimum absolute atomic E-state index is 0.519. The van der Waals surface area contributed by atoms with Crippen LogP contribution in [0.5, 0.6) is 0 Å². The van der Waals surface area contributed by atoms with E-state index in [0.717, 1.165) is 28.3 Å². The van der Waals surface area contributed by atoms with Gasteiger partial charge in [0.05, 0.1) is 16.8 Å². The maximum atomic E-state index is 12.1. The molecule has 0 radical (unpaired) electrons. The Morgan fingerprint density at radius 1 is 1.37 bits per heavy atom. The topological polar surface area (TPSA) is 71.8 Å². The number of imidazole rings is 1. The molecule has 5 heteroatoms. The Kier molecular flexibility index (Phi) is 3.55. The summed E-state index contributed by atoms with van der Waals surface area (Å²) in [4.78, 5) is 7.67. The largest absolute Gasteiger partial charge is 0.399 e. The first kappa shape index (κ1) is 12.7. The molecule has 1 fully saturated rings. The highest BCUT2D eigenvalue weighted by Crippen LogP contribution is 2.26. The van der Waals surface area contributed by atoms with Gasteiger partial charge in [-0.1, -0.05) is 12.8 Å². The highest BCUT2D eigenvalue weighted by Gasteiger charge is 2.18. The fraction of sp³-hybridized carbons (Fsp3) is 0.500. The first-order valence-electron chi connectivity index (χ1n) is 6.80. The number of aromatic nitrogens is 2. The Balaban J connectivity index is 1.68. The number of fused-ring (bicyclic) bond motifs is 1. The molecule has 0 spiro atoms. The molecule has 1 unspecified atom stereocenters. The third-order valence-electron chi connectivity index (χ3n) is 3.75. The van der Waals surface area contributed by atoms with Crippen LogP contribution in [0.1, 0.15) is 31.5 Å². The molecule has 19 heavy (non-hydrogen) atoms. The van der Waals surface area contributed by atoms with Gasteiger partial charge >= 0.3 is 0 Å². The third-order valence-corrected chi connectivity index (χ3v) is 5.19. The lowest BCUT2D eigenvalue weighted by Crippen LogP contribution is -2.10. The average molecular weight is 277 g/mol. The van der Waals surface area contributed by atoms with Crippen LogP contribution in [-0.4, -0.2) is 19.9 Å². The predicted molar refractivity (Wildman–Crippen MR) is 79.2 cm³/mol. The lowest BCUT2D eigenvalue weighted by atomic mass is 10.1. The molecule has 2 aromatic rings. The highest BCUT2D eigenvalue weighted by atomic mass is 32.2. The van der Waals surface area contributed by atoms with Gasteiger partial charge in [0.1, 0.15) is 5.82 Å². The van der Waals surface area contributed by atoms with Crippen LogP contribution < -0.4 is 5.73 Å². The van der Waals surface area contributed by atoms with E-state index >= 15 is 0 Å². The molecule has 0 saturated heterocycles. The van der Waals surface area contributed by atoms with Gasteiger partial charge in [-0.2, -0.15) is 0 Å². The number of aromatic amines is 1. The lowest BCUT2D eigenvalue weighted by Gasteiger charge is -2.06. The van der Waals surface area contributed by atoms with E-state index in [1.165, 1.54) is 25.7 Å². The first-order valence-corrected chi connectivity index (χ1v) is 8.28. The Morgan fingerprint density at radius 2 is 2.16 bits per heavy atom. The number of anilines is 1. The first-order chi connectivity index (χ1) is 9.20. The summed E-state index contributed by atoms with van der Waals surface area (Å²) in [6.07, 6.45) is 5.07. The molecule has 0 bridgehead atoms. The van der Waals surface area contributed by atoms with Crippen LogP contribution in [0.2, 0.25) is 0 Å². The fourth-order valence-corrected chi connectivity index (χ4v) is 4.22. The maximum absolute atomic E-state index is 12.1. The van der Waals surface area contributed by atoms with E-state index in [1.54, 1.807) is 0 Å². The third kappa shape index (κ3) is 2.97. The molecular weight excluding hydrogens is 258 g/mol. The molecule has 1 aromatic heterocycles. The maximum Gasteiger partial charge on any atom is 0.119 e. The van der Waals surface area contributed by atoms with E-state index < -0.39 is 10.8 Å². The van der Waals surface area contributed by atoms with Gasteiger partial charge in [0.15, 0.2) is 0 Å². The molecular formula is C14H19N3OS. The lowest BCUT2D eigenvalue weighted by molar-refractivity contribution is 0.604. The Bertz CT molecular complexity index is 602. The van der Waals surface area contributed by atoms with Crippen molar-refractivity contribution in [2.45, 2.75) is 31.4 Å². The molecule has 3 N–H and O–H groups in total. The quantitative estimate of drug-likeness (QED) is 0.844. The molecule has 4 nitrogen and oxygen atoms in total.